The third kappa shape index (κ3) is 14.0. The van der Waals surface area contributed by atoms with Crippen molar-refractivity contribution in [1.82, 2.24) is 0 Å². The fraction of sp³-hybridized carbons (Fsp3) is 0. The fourth-order valence-corrected chi connectivity index (χ4v) is 25.5. The summed E-state index contributed by atoms with van der Waals surface area (Å²) >= 11 is 5.67. The zero-order valence-corrected chi connectivity index (χ0v) is 78.3. The summed E-state index contributed by atoms with van der Waals surface area (Å²) in [5, 5.41) is 30.5. The number of nitrogens with zero attached hydrogens (tertiary/aromatic N) is 2. The maximum atomic E-state index is 6.48. The molecule has 0 atom stereocenters. The molecule has 25 aromatic carbocycles. The lowest BCUT2D eigenvalue weighted by molar-refractivity contribution is 0.669. The maximum absolute atomic E-state index is 6.48. The summed E-state index contributed by atoms with van der Waals surface area (Å²) in [7, 11) is 0. The van der Waals surface area contributed by atoms with Crippen LogP contribution in [0.3, 0.4) is 0 Å². The molecule has 0 fully saturated rings. The van der Waals surface area contributed by atoms with Crippen molar-refractivity contribution in [3.63, 3.8) is 0 Å². The number of hydrogen-bond donors (Lipinski definition) is 0. The fourth-order valence-electron chi connectivity index (χ4n) is 21.9. The predicted octanol–water partition coefficient (Wildman–Crippen LogP) is 40.2. The summed E-state index contributed by atoms with van der Waals surface area (Å²) in [5.41, 5.74) is 25.2. The van der Waals surface area contributed by atoms with Crippen molar-refractivity contribution in [1.29, 1.82) is 0 Å². The van der Waals surface area contributed by atoms with Crippen molar-refractivity contribution in [3.05, 3.63) is 497 Å². The second kappa shape index (κ2) is 33.3. The third-order valence-electron chi connectivity index (χ3n) is 28.8. The molecule has 4 heterocycles. The van der Waals surface area contributed by atoms with Gasteiger partial charge >= 0.3 is 0 Å². The zero-order valence-electron chi connectivity index (χ0n) is 75.9. The van der Waals surface area contributed by atoms with E-state index >= 15 is 0 Å². The highest BCUT2D eigenvalue weighted by molar-refractivity contribution is 7.27. The summed E-state index contributed by atoms with van der Waals surface area (Å²) in [4.78, 5) is 4.78. The van der Waals surface area contributed by atoms with Gasteiger partial charge in [-0.1, -0.05) is 358 Å². The smallest absolute Gasteiger partial charge is 0.136 e. The summed E-state index contributed by atoms with van der Waals surface area (Å²) in [5.74, 6) is 0. The first kappa shape index (κ1) is 81.0. The van der Waals surface area contributed by atoms with Crippen LogP contribution in [-0.2, 0) is 0 Å². The molecule has 29 aromatic rings. The average molecular weight is 1830 g/mol. The molecule has 0 saturated heterocycles. The van der Waals surface area contributed by atoms with Crippen molar-refractivity contribution in [2.75, 3.05) is 9.80 Å². The summed E-state index contributed by atoms with van der Waals surface area (Å²) in [6.07, 6.45) is 0. The second-order valence-corrected chi connectivity index (χ2v) is 40.0. The first-order valence-electron chi connectivity index (χ1n) is 47.8. The van der Waals surface area contributed by atoms with Gasteiger partial charge in [-0.2, -0.15) is 0 Å². The van der Waals surface area contributed by atoms with Gasteiger partial charge < -0.3 is 14.2 Å². The molecule has 0 unspecified atom stereocenters. The Kier molecular flexibility index (Phi) is 19.3. The van der Waals surface area contributed by atoms with Crippen LogP contribution in [0, 0.1) is 0 Å². The Hall–Kier alpha value is -17.4. The van der Waals surface area contributed by atoms with Gasteiger partial charge in [-0.25, -0.2) is 0 Å². The van der Waals surface area contributed by atoms with E-state index in [1.807, 2.05) is 34.0 Å². The number of thiophene rings is 3. The molecule has 0 saturated carbocycles. The lowest BCUT2D eigenvalue weighted by Crippen LogP contribution is -2.10. The van der Waals surface area contributed by atoms with Crippen molar-refractivity contribution in [3.8, 4) is 77.9 Å². The van der Waals surface area contributed by atoms with Crippen LogP contribution in [0.1, 0.15) is 0 Å². The first-order chi connectivity index (χ1) is 69.3. The molecule has 0 N–H and O–H groups in total. The van der Waals surface area contributed by atoms with E-state index in [1.54, 1.807) is 0 Å². The molecule has 0 bridgehead atoms. The Morgan fingerprint density at radius 3 is 1.19 bits per heavy atom. The van der Waals surface area contributed by atoms with Crippen LogP contribution in [0.2, 0.25) is 0 Å². The molecule has 0 aliphatic rings. The minimum atomic E-state index is 0.895. The highest BCUT2D eigenvalue weighted by Gasteiger charge is 2.24. The number of anilines is 6. The van der Waals surface area contributed by atoms with E-state index in [0.29, 0.717) is 0 Å². The molecule has 0 aliphatic heterocycles. The lowest BCUT2D eigenvalue weighted by atomic mass is 9.93. The van der Waals surface area contributed by atoms with Crippen LogP contribution < -0.4 is 9.80 Å². The third-order valence-corrected chi connectivity index (χ3v) is 32.4. The Morgan fingerprint density at radius 2 is 0.543 bits per heavy atom. The molecule has 29 rings (SSSR count). The van der Waals surface area contributed by atoms with Crippen molar-refractivity contribution >= 4 is 237 Å². The monoisotopic (exact) mass is 1830 g/mol. The van der Waals surface area contributed by atoms with Gasteiger partial charge in [0.05, 0.1) is 5.69 Å². The van der Waals surface area contributed by atoms with E-state index in [4.69, 9.17) is 4.42 Å². The topological polar surface area (TPSA) is 19.6 Å². The van der Waals surface area contributed by atoms with Gasteiger partial charge in [0.25, 0.3) is 0 Å². The summed E-state index contributed by atoms with van der Waals surface area (Å²) in [6, 6.07) is 183. The van der Waals surface area contributed by atoms with Gasteiger partial charge in [0, 0.05) is 110 Å². The highest BCUT2D eigenvalue weighted by Crippen LogP contribution is 2.50. The van der Waals surface area contributed by atoms with Gasteiger partial charge in [-0.15, -0.1) is 34.0 Å². The number of furan rings is 1. The van der Waals surface area contributed by atoms with E-state index in [0.717, 1.165) is 67.2 Å². The van der Waals surface area contributed by atoms with Crippen LogP contribution in [0.15, 0.2) is 502 Å². The molecular formula is C134H82N2OS3. The van der Waals surface area contributed by atoms with Gasteiger partial charge in [-0.3, -0.25) is 0 Å². The molecule has 3 nitrogen and oxygen atoms in total. The second-order valence-electron chi connectivity index (χ2n) is 36.9. The van der Waals surface area contributed by atoms with Gasteiger partial charge in [0.15, 0.2) is 0 Å². The van der Waals surface area contributed by atoms with Crippen LogP contribution >= 0.6 is 34.0 Å². The van der Waals surface area contributed by atoms with Crippen LogP contribution in [-0.4, -0.2) is 0 Å². The molecule has 0 spiro atoms. The molecule has 6 heteroatoms. The summed E-state index contributed by atoms with van der Waals surface area (Å²) < 4.78 is 14.5. The Morgan fingerprint density at radius 1 is 0.150 bits per heavy atom. The molecule has 652 valence electrons. The number of rotatable bonds is 13. The average Bonchev–Trinajstić information content (AvgIpc) is 1.62. The SMILES string of the molecule is c1cc(-c2cc3ccccc3c3ccccc23)cc(N(c2ccc(-c3ccc4c(c3)oc3cc5ccccc5cc34)cc2)c2ccc(-c3ccc4c(c3)sc3ccc5ccccc5c34)cc2)c1.c1ccc2cc3c(cc2c1)sc1c2ccccc2c(-c2ccc(-c4ccc(N(c5ccc(-c6ccc(-c7ccc8sc9c%10ccccc%10ccc9c8c7)cc6)cc5)c5cccc6ccccc56)cc4)cc2)cc31. The van der Waals surface area contributed by atoms with Crippen LogP contribution in [0.5, 0.6) is 0 Å². The van der Waals surface area contributed by atoms with Gasteiger partial charge in [0.2, 0.25) is 0 Å². The standard InChI is InChI=1S/C70H43NS2.C64H39NOS/c1-2-13-53-42-68-64(40-52(53)12-1)65-43-62(59-17-7-8-18-60(59)70(65)73-68)51-26-24-45(25-27-51)47-30-36-56(37-31-47)71(66-19-9-14-49-10-3-5-15-57(49)66)55-34-28-46(29-35-55)44-20-22-48(23-21-44)54-33-39-67-63(41-54)61-38-32-50-11-4-6-16-58(50)69(61)72-67;1-2-12-44-37-61-59(35-43(44)11-1)56-31-24-45(38-60(56)66-61)40-20-27-49(28-21-40)65(51-15-9-14-47(34-51)58-36-48-13-4-5-16-52(48)54-18-7-8-19-55(54)58)50-29-22-41(23-30-50)46-25-32-57-63(39-46)67-62-33-26-42-10-3-6-17-53(42)64(57)62/h1-43H;1-39H. The van der Waals surface area contributed by atoms with Crippen molar-refractivity contribution < 1.29 is 4.42 Å². The quantitative estimate of drug-likeness (QED) is 0.107. The minimum Gasteiger partial charge on any atom is -0.456 e. The molecule has 0 radical (unpaired) electrons. The van der Waals surface area contributed by atoms with E-state index in [2.05, 4.69) is 507 Å². The minimum absolute atomic E-state index is 0.895. The first-order valence-corrected chi connectivity index (χ1v) is 50.3. The normalized spacial score (nSPS) is 11.9. The van der Waals surface area contributed by atoms with E-state index in [1.165, 1.54) is 213 Å². The number of hydrogen-bond acceptors (Lipinski definition) is 6. The zero-order chi connectivity index (χ0) is 92.0. The maximum Gasteiger partial charge on any atom is 0.136 e. The molecule has 0 amide bonds. The Balaban J connectivity index is 0.000000138. The predicted molar refractivity (Wildman–Crippen MR) is 606 cm³/mol. The molecule has 0 aliphatic carbocycles. The Labute approximate surface area is 819 Å². The lowest BCUT2D eigenvalue weighted by Gasteiger charge is -2.27. The van der Waals surface area contributed by atoms with E-state index < -0.39 is 0 Å². The Bertz CT molecular complexity index is 10100. The van der Waals surface area contributed by atoms with Crippen LogP contribution in [0.4, 0.5) is 34.1 Å². The summed E-state index contributed by atoms with van der Waals surface area (Å²) in [6.45, 7) is 0. The number of benzene rings is 25. The number of fused-ring (bicyclic) bond motifs is 24. The largest absolute Gasteiger partial charge is 0.456 e. The van der Waals surface area contributed by atoms with Crippen molar-refractivity contribution in [2.24, 2.45) is 0 Å². The molecule has 140 heavy (non-hydrogen) atoms. The van der Waals surface area contributed by atoms with E-state index in [9.17, 15) is 0 Å². The van der Waals surface area contributed by atoms with Crippen molar-refractivity contribution in [2.45, 2.75) is 0 Å². The van der Waals surface area contributed by atoms with Gasteiger partial charge in [-0.05, 0) is 293 Å². The van der Waals surface area contributed by atoms with E-state index in [-0.39, 0.29) is 0 Å². The van der Waals surface area contributed by atoms with Gasteiger partial charge in [0.1, 0.15) is 11.2 Å². The molecular weight excluding hydrogens is 1750 g/mol. The van der Waals surface area contributed by atoms with Crippen LogP contribution in [0.25, 0.3) is 247 Å². The molecule has 4 aromatic heterocycles. The highest BCUT2D eigenvalue weighted by atomic mass is 32.1.